The highest BCUT2D eigenvalue weighted by Crippen LogP contribution is 2.51. The van der Waals surface area contributed by atoms with Crippen molar-refractivity contribution in [2.24, 2.45) is 0 Å². The molecule has 1 aliphatic carbocycles. The molecule has 0 radical (unpaired) electrons. The predicted molar refractivity (Wildman–Crippen MR) is 66.4 cm³/mol. The monoisotopic (exact) mass is 223 g/mol. The molecule has 0 spiro atoms. The first kappa shape index (κ1) is 10.3. The third-order valence-corrected chi connectivity index (χ3v) is 3.63. The lowest BCUT2D eigenvalue weighted by Gasteiger charge is -2.15. The summed E-state index contributed by atoms with van der Waals surface area (Å²) in [4.78, 5) is 0. The number of rotatable bonds is 2. The van der Waals surface area contributed by atoms with Crippen LogP contribution >= 0.6 is 0 Å². The maximum absolute atomic E-state index is 9.46. The molecule has 1 fully saturated rings. The van der Waals surface area contributed by atoms with Crippen molar-refractivity contribution >= 4 is 10.8 Å². The molecule has 2 nitrogen and oxygen atoms in total. The van der Waals surface area contributed by atoms with Crippen molar-refractivity contribution in [2.45, 2.75) is 24.9 Å². The second-order valence-electron chi connectivity index (χ2n) is 4.67. The van der Waals surface area contributed by atoms with Gasteiger partial charge in [0.1, 0.15) is 0 Å². The number of nitrogens with zero attached hydrogens (tertiary/aromatic N) is 1. The fourth-order valence-corrected chi connectivity index (χ4v) is 2.56. The van der Waals surface area contributed by atoms with Crippen molar-refractivity contribution in [2.75, 3.05) is 0 Å². The van der Waals surface area contributed by atoms with E-state index < -0.39 is 0 Å². The smallest absolute Gasteiger partial charge is 0.0833 e. The van der Waals surface area contributed by atoms with Crippen LogP contribution in [0.25, 0.3) is 10.8 Å². The highest BCUT2D eigenvalue weighted by atomic mass is 16.3. The molecule has 3 rings (SSSR count). The highest BCUT2D eigenvalue weighted by molar-refractivity contribution is 5.88. The molecule has 84 valence electrons. The van der Waals surface area contributed by atoms with E-state index >= 15 is 0 Å². The lowest BCUT2D eigenvalue weighted by molar-refractivity contribution is 0.280. The van der Waals surface area contributed by atoms with Crippen LogP contribution in [0.5, 0.6) is 0 Å². The Hall–Kier alpha value is -1.85. The molecule has 0 aliphatic heterocycles. The first-order valence-corrected chi connectivity index (χ1v) is 5.84. The van der Waals surface area contributed by atoms with Crippen molar-refractivity contribution in [3.05, 3.63) is 47.5 Å². The topological polar surface area (TPSA) is 44.0 Å². The van der Waals surface area contributed by atoms with Crippen LogP contribution in [0.3, 0.4) is 0 Å². The molecule has 0 saturated heterocycles. The fraction of sp³-hybridized carbons (Fsp3) is 0.267. The van der Waals surface area contributed by atoms with Crippen molar-refractivity contribution in [3.8, 4) is 6.07 Å². The Balaban J connectivity index is 2.37. The van der Waals surface area contributed by atoms with Crippen molar-refractivity contribution < 1.29 is 5.11 Å². The first-order chi connectivity index (χ1) is 8.30. The molecule has 0 unspecified atom stereocenters. The van der Waals surface area contributed by atoms with Gasteiger partial charge in [-0.05, 0) is 34.7 Å². The SMILES string of the molecule is N#CC1(c2c(CO)ccc3ccccc23)CC1. The van der Waals surface area contributed by atoms with Crippen LogP contribution in [0.1, 0.15) is 24.0 Å². The van der Waals surface area contributed by atoms with Crippen LogP contribution in [0, 0.1) is 11.3 Å². The van der Waals surface area contributed by atoms with Crippen LogP contribution in [-0.4, -0.2) is 5.11 Å². The summed E-state index contributed by atoms with van der Waals surface area (Å²) in [5.41, 5.74) is 1.59. The summed E-state index contributed by atoms with van der Waals surface area (Å²) in [6.45, 7) is 0.00357. The fourth-order valence-electron chi connectivity index (χ4n) is 2.56. The van der Waals surface area contributed by atoms with Crippen molar-refractivity contribution in [3.63, 3.8) is 0 Å². The van der Waals surface area contributed by atoms with Gasteiger partial charge in [0.25, 0.3) is 0 Å². The predicted octanol–water partition coefficient (Wildman–Crippen LogP) is 2.89. The van der Waals surface area contributed by atoms with Gasteiger partial charge in [0.2, 0.25) is 0 Å². The van der Waals surface area contributed by atoms with Gasteiger partial charge in [-0.15, -0.1) is 0 Å². The van der Waals surface area contributed by atoms with Crippen LogP contribution in [0.15, 0.2) is 36.4 Å². The van der Waals surface area contributed by atoms with Gasteiger partial charge >= 0.3 is 0 Å². The van der Waals surface area contributed by atoms with Gasteiger partial charge in [-0.25, -0.2) is 0 Å². The maximum atomic E-state index is 9.46. The minimum absolute atomic E-state index is 0.00357. The molecule has 2 aromatic carbocycles. The van der Waals surface area contributed by atoms with Gasteiger partial charge in [0, 0.05) is 0 Å². The second-order valence-corrected chi connectivity index (χ2v) is 4.67. The summed E-state index contributed by atoms with van der Waals surface area (Å²) in [5.74, 6) is 0. The summed E-state index contributed by atoms with van der Waals surface area (Å²) >= 11 is 0. The molecule has 0 aromatic heterocycles. The zero-order valence-electron chi connectivity index (χ0n) is 9.48. The maximum Gasteiger partial charge on any atom is 0.0833 e. The van der Waals surface area contributed by atoms with E-state index in [9.17, 15) is 10.4 Å². The van der Waals surface area contributed by atoms with Crippen molar-refractivity contribution in [1.29, 1.82) is 5.26 Å². The molecule has 17 heavy (non-hydrogen) atoms. The Morgan fingerprint density at radius 2 is 1.94 bits per heavy atom. The summed E-state index contributed by atoms with van der Waals surface area (Å²) in [6, 6.07) is 14.5. The molecular formula is C15H13NO. The normalized spacial score (nSPS) is 16.7. The Morgan fingerprint density at radius 3 is 2.59 bits per heavy atom. The number of hydrogen-bond acceptors (Lipinski definition) is 2. The Labute approximate surface area is 100 Å². The standard InChI is InChI=1S/C15H13NO/c16-10-15(7-8-15)14-12(9-17)6-5-11-3-1-2-4-13(11)14/h1-6,17H,7-9H2. The van der Waals surface area contributed by atoms with E-state index in [1.54, 1.807) is 0 Å². The Bertz CT molecular complexity index is 620. The van der Waals surface area contributed by atoms with Gasteiger partial charge in [0.05, 0.1) is 18.1 Å². The quantitative estimate of drug-likeness (QED) is 0.850. The molecule has 0 atom stereocenters. The van der Waals surface area contributed by atoms with E-state index in [0.717, 1.165) is 34.7 Å². The van der Waals surface area contributed by atoms with Crippen LogP contribution < -0.4 is 0 Å². The first-order valence-electron chi connectivity index (χ1n) is 5.84. The highest BCUT2D eigenvalue weighted by Gasteiger charge is 2.47. The molecule has 0 bridgehead atoms. The number of nitriles is 1. The second kappa shape index (κ2) is 3.58. The third kappa shape index (κ3) is 1.44. The van der Waals surface area contributed by atoms with Crippen LogP contribution in [-0.2, 0) is 12.0 Å². The zero-order valence-corrected chi connectivity index (χ0v) is 9.48. The van der Waals surface area contributed by atoms with E-state index in [2.05, 4.69) is 6.07 Å². The molecule has 2 heteroatoms. The average molecular weight is 223 g/mol. The number of aliphatic hydroxyl groups is 1. The summed E-state index contributed by atoms with van der Waals surface area (Å²) < 4.78 is 0. The Morgan fingerprint density at radius 1 is 1.18 bits per heavy atom. The molecule has 1 aliphatic rings. The lowest BCUT2D eigenvalue weighted by atomic mass is 9.88. The number of fused-ring (bicyclic) bond motifs is 1. The summed E-state index contributed by atoms with van der Waals surface area (Å²) in [6.07, 6.45) is 1.81. The molecule has 1 saturated carbocycles. The van der Waals surface area contributed by atoms with Crippen molar-refractivity contribution in [1.82, 2.24) is 0 Å². The van der Waals surface area contributed by atoms with Gasteiger partial charge in [0.15, 0.2) is 0 Å². The minimum atomic E-state index is -0.348. The van der Waals surface area contributed by atoms with E-state index in [1.165, 1.54) is 0 Å². The van der Waals surface area contributed by atoms with Gasteiger partial charge < -0.3 is 5.11 Å². The van der Waals surface area contributed by atoms with Crippen LogP contribution in [0.4, 0.5) is 0 Å². The number of hydrogen-bond donors (Lipinski definition) is 1. The molecule has 2 aromatic rings. The largest absolute Gasteiger partial charge is 0.392 e. The molecule has 1 N–H and O–H groups in total. The van der Waals surface area contributed by atoms with Gasteiger partial charge in [-0.1, -0.05) is 36.4 Å². The zero-order chi connectivity index (χ0) is 11.9. The third-order valence-electron chi connectivity index (χ3n) is 3.63. The summed E-state index contributed by atoms with van der Waals surface area (Å²) in [5, 5.41) is 21.1. The number of benzene rings is 2. The molecule has 0 amide bonds. The Kier molecular flexibility index (Phi) is 2.17. The van der Waals surface area contributed by atoms with E-state index in [-0.39, 0.29) is 12.0 Å². The average Bonchev–Trinajstić information content (AvgIpc) is 3.18. The number of aliphatic hydroxyl groups excluding tert-OH is 1. The lowest BCUT2D eigenvalue weighted by Crippen LogP contribution is -2.08. The van der Waals surface area contributed by atoms with Crippen LogP contribution in [0.2, 0.25) is 0 Å². The van der Waals surface area contributed by atoms with E-state index in [1.807, 2.05) is 36.4 Å². The van der Waals surface area contributed by atoms with E-state index in [0.29, 0.717) is 0 Å². The molecular weight excluding hydrogens is 210 g/mol. The minimum Gasteiger partial charge on any atom is -0.392 e. The molecule has 0 heterocycles. The van der Waals surface area contributed by atoms with Gasteiger partial charge in [-0.3, -0.25) is 0 Å². The van der Waals surface area contributed by atoms with Gasteiger partial charge in [-0.2, -0.15) is 5.26 Å². The summed E-state index contributed by atoms with van der Waals surface area (Å²) in [7, 11) is 0. The van der Waals surface area contributed by atoms with E-state index in [4.69, 9.17) is 0 Å².